The molecular formula is C19H13NO3. The maximum atomic E-state index is 12.7. The minimum atomic E-state index is -1.06. The van der Waals surface area contributed by atoms with Gasteiger partial charge in [0.2, 0.25) is 0 Å². The van der Waals surface area contributed by atoms with Gasteiger partial charge in [0.1, 0.15) is 17.4 Å². The number of carbonyl (C=O) groups is 2. The second-order valence-electron chi connectivity index (χ2n) is 5.80. The van der Waals surface area contributed by atoms with Crippen LogP contribution >= 0.6 is 0 Å². The highest BCUT2D eigenvalue weighted by Crippen LogP contribution is 2.38. The van der Waals surface area contributed by atoms with E-state index in [4.69, 9.17) is 0 Å². The van der Waals surface area contributed by atoms with Crippen molar-refractivity contribution in [2.75, 3.05) is 0 Å². The number of Topliss-reactive ketones (excluding diaryl/α,β-unsaturated/α-hetero) is 2. The van der Waals surface area contributed by atoms with Crippen molar-refractivity contribution in [1.29, 1.82) is 0 Å². The van der Waals surface area contributed by atoms with Crippen LogP contribution in [-0.4, -0.2) is 21.7 Å². The second kappa shape index (κ2) is 4.74. The largest absolute Gasteiger partial charge is 0.506 e. The summed E-state index contributed by atoms with van der Waals surface area (Å²) in [5.41, 5.74) is 2.51. The number of rotatable bonds is 1. The van der Waals surface area contributed by atoms with Crippen LogP contribution in [0.3, 0.4) is 0 Å². The smallest absolute Gasteiger partial charge is 0.180 e. The molecule has 112 valence electrons. The number of nitrogens with zero attached hydrogens (tertiary/aromatic N) is 1. The number of hydrogen-bond acceptors (Lipinski definition) is 4. The Morgan fingerprint density at radius 3 is 2.52 bits per heavy atom. The van der Waals surface area contributed by atoms with Crippen molar-refractivity contribution < 1.29 is 14.7 Å². The number of aryl methyl sites for hydroxylation is 1. The molecule has 0 aliphatic heterocycles. The van der Waals surface area contributed by atoms with Crippen molar-refractivity contribution in [2.45, 2.75) is 12.8 Å². The fourth-order valence-corrected chi connectivity index (χ4v) is 3.09. The summed E-state index contributed by atoms with van der Waals surface area (Å²) in [7, 11) is 0. The lowest BCUT2D eigenvalue weighted by Gasteiger charge is -2.10. The van der Waals surface area contributed by atoms with Gasteiger partial charge in [-0.2, -0.15) is 0 Å². The minimum Gasteiger partial charge on any atom is -0.506 e. The van der Waals surface area contributed by atoms with Gasteiger partial charge < -0.3 is 5.11 Å². The number of aromatic nitrogens is 1. The van der Waals surface area contributed by atoms with E-state index in [-0.39, 0.29) is 23.0 Å². The zero-order valence-corrected chi connectivity index (χ0v) is 12.4. The van der Waals surface area contributed by atoms with Crippen molar-refractivity contribution >= 4 is 22.5 Å². The van der Waals surface area contributed by atoms with Gasteiger partial charge in [0.15, 0.2) is 11.6 Å². The van der Waals surface area contributed by atoms with Gasteiger partial charge in [0, 0.05) is 16.5 Å². The number of hydrogen-bond donors (Lipinski definition) is 1. The molecule has 0 saturated heterocycles. The van der Waals surface area contributed by atoms with Crippen LogP contribution in [0.4, 0.5) is 0 Å². The first-order chi connectivity index (χ1) is 11.1. The van der Waals surface area contributed by atoms with E-state index in [1.807, 2.05) is 25.1 Å². The van der Waals surface area contributed by atoms with Gasteiger partial charge in [0.05, 0.1) is 5.52 Å². The Hall–Kier alpha value is -3.01. The highest BCUT2D eigenvalue weighted by molar-refractivity contribution is 6.29. The number of pyridine rings is 1. The predicted molar refractivity (Wildman–Crippen MR) is 86.0 cm³/mol. The van der Waals surface area contributed by atoms with Crippen LogP contribution in [0, 0.1) is 6.92 Å². The van der Waals surface area contributed by atoms with Crippen LogP contribution in [0.25, 0.3) is 10.9 Å². The fraction of sp³-hybridized carbons (Fsp3) is 0.105. The van der Waals surface area contributed by atoms with E-state index in [1.54, 1.807) is 30.3 Å². The molecule has 4 rings (SSSR count). The molecule has 4 nitrogen and oxygen atoms in total. The zero-order chi connectivity index (χ0) is 16.1. The lowest BCUT2D eigenvalue weighted by atomic mass is 9.97. The topological polar surface area (TPSA) is 67.3 Å². The van der Waals surface area contributed by atoms with E-state index < -0.39 is 5.92 Å². The number of carbonyl (C=O) groups excluding carboxylic acids is 2. The number of benzene rings is 2. The van der Waals surface area contributed by atoms with Crippen LogP contribution in [0.1, 0.15) is 37.9 Å². The van der Waals surface area contributed by atoms with Crippen LogP contribution in [0.15, 0.2) is 48.5 Å². The summed E-state index contributed by atoms with van der Waals surface area (Å²) in [5.74, 6) is -1.79. The predicted octanol–water partition coefficient (Wildman–Crippen LogP) is 3.41. The number of para-hydroxylation sites is 1. The Balaban J connectivity index is 1.91. The molecule has 0 radical (unpaired) electrons. The number of aromatic hydroxyl groups is 1. The first kappa shape index (κ1) is 13.6. The van der Waals surface area contributed by atoms with Gasteiger partial charge in [-0.1, -0.05) is 35.9 Å². The van der Waals surface area contributed by atoms with Gasteiger partial charge in [-0.3, -0.25) is 9.59 Å². The van der Waals surface area contributed by atoms with E-state index in [0.29, 0.717) is 16.6 Å². The van der Waals surface area contributed by atoms with Crippen LogP contribution < -0.4 is 0 Å². The van der Waals surface area contributed by atoms with Crippen molar-refractivity contribution in [3.05, 3.63) is 70.9 Å². The zero-order valence-electron chi connectivity index (χ0n) is 12.4. The van der Waals surface area contributed by atoms with E-state index in [0.717, 1.165) is 10.9 Å². The summed E-state index contributed by atoms with van der Waals surface area (Å²) >= 11 is 0. The van der Waals surface area contributed by atoms with Gasteiger partial charge in [0.25, 0.3) is 0 Å². The third-order valence-corrected chi connectivity index (χ3v) is 4.24. The normalized spacial score (nSPS) is 16.8. The highest BCUT2D eigenvalue weighted by Gasteiger charge is 2.41. The van der Waals surface area contributed by atoms with Crippen molar-refractivity contribution in [3.63, 3.8) is 0 Å². The molecule has 1 atom stereocenters. The summed E-state index contributed by atoms with van der Waals surface area (Å²) in [6.07, 6.45) is 0. The quantitative estimate of drug-likeness (QED) is 0.700. The van der Waals surface area contributed by atoms with Crippen molar-refractivity contribution in [1.82, 2.24) is 4.98 Å². The Morgan fingerprint density at radius 1 is 0.957 bits per heavy atom. The maximum Gasteiger partial charge on any atom is 0.180 e. The van der Waals surface area contributed by atoms with Crippen molar-refractivity contribution in [3.8, 4) is 5.75 Å². The monoisotopic (exact) mass is 303 g/mol. The van der Waals surface area contributed by atoms with Crippen molar-refractivity contribution in [2.24, 2.45) is 0 Å². The summed E-state index contributed by atoms with van der Waals surface area (Å²) in [6, 6.07) is 14.0. The summed E-state index contributed by atoms with van der Waals surface area (Å²) < 4.78 is 0. The first-order valence-corrected chi connectivity index (χ1v) is 7.34. The van der Waals surface area contributed by atoms with E-state index >= 15 is 0 Å². The molecular weight excluding hydrogens is 290 g/mol. The Kier molecular flexibility index (Phi) is 2.81. The minimum absolute atomic E-state index is 0.125. The van der Waals surface area contributed by atoms with E-state index in [2.05, 4.69) is 4.98 Å². The first-order valence-electron chi connectivity index (χ1n) is 7.34. The molecule has 0 saturated carbocycles. The summed E-state index contributed by atoms with van der Waals surface area (Å²) in [5, 5.41) is 11.0. The molecule has 1 N–H and O–H groups in total. The molecule has 1 unspecified atom stereocenters. The van der Waals surface area contributed by atoms with Gasteiger partial charge in [-0.05, 0) is 25.1 Å². The average Bonchev–Trinajstić information content (AvgIpc) is 2.78. The van der Waals surface area contributed by atoms with E-state index in [9.17, 15) is 14.7 Å². The van der Waals surface area contributed by atoms with E-state index in [1.165, 1.54) is 0 Å². The Morgan fingerprint density at radius 2 is 1.70 bits per heavy atom. The second-order valence-corrected chi connectivity index (χ2v) is 5.80. The van der Waals surface area contributed by atoms with Crippen LogP contribution in [-0.2, 0) is 0 Å². The molecule has 1 heterocycles. The summed E-state index contributed by atoms with van der Waals surface area (Å²) in [6.45, 7) is 1.87. The third-order valence-electron chi connectivity index (χ3n) is 4.24. The van der Waals surface area contributed by atoms with Crippen LogP contribution in [0.5, 0.6) is 5.75 Å². The molecule has 4 heteroatoms. The standard InChI is InChI=1S/C19H13NO3/c1-10-6-7-12-13(8-10)19(23)16(18(12)22)17-15(21)9-11-4-2-3-5-14(11)20-17/h2-9,16,21H,1H3. The molecule has 1 aliphatic rings. The summed E-state index contributed by atoms with van der Waals surface area (Å²) in [4.78, 5) is 29.7. The molecule has 3 aromatic rings. The van der Waals surface area contributed by atoms with Gasteiger partial charge in [-0.25, -0.2) is 4.98 Å². The fourth-order valence-electron chi connectivity index (χ4n) is 3.09. The Bertz CT molecular complexity index is 991. The van der Waals surface area contributed by atoms with Gasteiger partial charge >= 0.3 is 0 Å². The van der Waals surface area contributed by atoms with Crippen LogP contribution in [0.2, 0.25) is 0 Å². The molecule has 1 aromatic heterocycles. The molecule has 1 aliphatic carbocycles. The average molecular weight is 303 g/mol. The SMILES string of the molecule is Cc1ccc2c(c1)C(=O)C(c1nc3ccccc3cc1O)C2=O. The molecule has 0 amide bonds. The lowest BCUT2D eigenvalue weighted by Crippen LogP contribution is -2.14. The Labute approximate surface area is 132 Å². The molecule has 0 spiro atoms. The number of ketones is 2. The molecule has 0 fully saturated rings. The third kappa shape index (κ3) is 1.95. The number of fused-ring (bicyclic) bond motifs is 2. The molecule has 23 heavy (non-hydrogen) atoms. The van der Waals surface area contributed by atoms with Gasteiger partial charge in [-0.15, -0.1) is 0 Å². The lowest BCUT2D eigenvalue weighted by molar-refractivity contribution is 0.0886. The highest BCUT2D eigenvalue weighted by atomic mass is 16.3. The molecule has 2 aromatic carbocycles. The molecule has 0 bridgehead atoms. The maximum absolute atomic E-state index is 12.7.